The molecule has 24 heavy (non-hydrogen) atoms. The number of aliphatic carboxylic acids is 1. The highest BCUT2D eigenvalue weighted by molar-refractivity contribution is 5.92. The summed E-state index contributed by atoms with van der Waals surface area (Å²) in [6.07, 6.45) is 4.12. The van der Waals surface area contributed by atoms with Crippen molar-refractivity contribution in [3.8, 4) is 0 Å². The van der Waals surface area contributed by atoms with Gasteiger partial charge in [0.2, 0.25) is 0 Å². The quantitative estimate of drug-likeness (QED) is 0.921. The summed E-state index contributed by atoms with van der Waals surface area (Å²) in [6.45, 7) is 2.51. The van der Waals surface area contributed by atoms with Crippen molar-refractivity contribution in [2.45, 2.75) is 19.3 Å². The topological polar surface area (TPSA) is 88.3 Å². The summed E-state index contributed by atoms with van der Waals surface area (Å²) in [5, 5.41) is 13.6. The highest BCUT2D eigenvalue weighted by Crippen LogP contribution is 2.31. The molecular formula is C17H20N4O3. The van der Waals surface area contributed by atoms with E-state index in [1.54, 1.807) is 27.9 Å². The molecule has 0 bridgehead atoms. The number of carbonyl (C=O) groups excluding carboxylic acids is 1. The van der Waals surface area contributed by atoms with Crippen LogP contribution >= 0.6 is 0 Å². The summed E-state index contributed by atoms with van der Waals surface area (Å²) in [4.78, 5) is 30.1. The number of piperidine rings is 1. The fraction of sp³-hybridized carbons (Fsp3) is 0.412. The summed E-state index contributed by atoms with van der Waals surface area (Å²) < 4.78 is 1.69. The molecule has 3 heterocycles. The molecule has 2 atom stereocenters. The van der Waals surface area contributed by atoms with Gasteiger partial charge in [-0.3, -0.25) is 14.3 Å². The first-order valence-electron chi connectivity index (χ1n) is 7.88. The van der Waals surface area contributed by atoms with Gasteiger partial charge in [-0.15, -0.1) is 0 Å². The van der Waals surface area contributed by atoms with Gasteiger partial charge in [0.1, 0.15) is 5.69 Å². The average Bonchev–Trinajstić information content (AvgIpc) is 3.00. The molecule has 0 aliphatic carbocycles. The van der Waals surface area contributed by atoms with Crippen molar-refractivity contribution in [2.75, 3.05) is 13.1 Å². The Morgan fingerprint density at radius 1 is 1.29 bits per heavy atom. The first-order chi connectivity index (χ1) is 11.4. The third-order valence-electron chi connectivity index (χ3n) is 4.39. The van der Waals surface area contributed by atoms with E-state index in [1.165, 1.54) is 0 Å². The van der Waals surface area contributed by atoms with Crippen molar-refractivity contribution in [1.29, 1.82) is 0 Å². The van der Waals surface area contributed by atoms with E-state index in [4.69, 9.17) is 0 Å². The van der Waals surface area contributed by atoms with Crippen LogP contribution in [-0.4, -0.2) is 49.7 Å². The number of aromatic nitrogens is 3. The molecule has 7 heteroatoms. The van der Waals surface area contributed by atoms with E-state index >= 15 is 0 Å². The van der Waals surface area contributed by atoms with Crippen molar-refractivity contribution >= 4 is 11.9 Å². The van der Waals surface area contributed by atoms with Gasteiger partial charge in [-0.05, 0) is 31.0 Å². The van der Waals surface area contributed by atoms with E-state index in [-0.39, 0.29) is 18.4 Å². The van der Waals surface area contributed by atoms with Gasteiger partial charge in [0.25, 0.3) is 5.91 Å². The number of carboxylic acids is 1. The zero-order valence-corrected chi connectivity index (χ0v) is 13.7. The van der Waals surface area contributed by atoms with E-state index in [1.807, 2.05) is 26.2 Å². The second kappa shape index (κ2) is 6.43. The third-order valence-corrected chi connectivity index (χ3v) is 4.39. The molecule has 2 aromatic heterocycles. The molecule has 126 valence electrons. The smallest absolute Gasteiger partial charge is 0.308 e. The molecule has 1 fully saturated rings. The summed E-state index contributed by atoms with van der Waals surface area (Å²) in [6, 6.07) is 5.27. The average molecular weight is 328 g/mol. The van der Waals surface area contributed by atoms with Crippen LogP contribution in [0, 0.1) is 12.8 Å². The van der Waals surface area contributed by atoms with Crippen LogP contribution in [0.2, 0.25) is 0 Å². The number of aryl methyl sites for hydroxylation is 2. The number of amides is 1. The molecule has 3 rings (SSSR count). The molecule has 1 aliphatic rings. The lowest BCUT2D eigenvalue weighted by atomic mass is 9.85. The Morgan fingerprint density at radius 2 is 2.08 bits per heavy atom. The van der Waals surface area contributed by atoms with Crippen LogP contribution in [0.3, 0.4) is 0 Å². The minimum atomic E-state index is -0.876. The Kier molecular flexibility index (Phi) is 4.33. The molecule has 1 aliphatic heterocycles. The van der Waals surface area contributed by atoms with Gasteiger partial charge in [-0.25, -0.2) is 4.98 Å². The highest BCUT2D eigenvalue weighted by Gasteiger charge is 2.35. The molecule has 1 amide bonds. The van der Waals surface area contributed by atoms with Crippen LogP contribution in [0.5, 0.6) is 0 Å². The SMILES string of the molecule is Cc1cccc(C(=O)N2CC(C(=O)O)CC(c3cnn(C)c3)C2)n1. The molecule has 0 saturated carbocycles. The largest absolute Gasteiger partial charge is 0.481 e. The standard InChI is InChI=1S/C17H20N4O3/c1-11-4-3-5-15(19-11)16(22)21-9-12(6-13(10-21)17(23)24)14-7-18-20(2)8-14/h3-5,7-8,12-13H,6,9-10H2,1-2H3,(H,23,24). The lowest BCUT2D eigenvalue weighted by Gasteiger charge is -2.35. The third kappa shape index (κ3) is 3.29. The Labute approximate surface area is 139 Å². The Hall–Kier alpha value is -2.70. The number of nitrogens with zero attached hydrogens (tertiary/aromatic N) is 4. The van der Waals surface area contributed by atoms with E-state index < -0.39 is 11.9 Å². The maximum Gasteiger partial charge on any atom is 0.308 e. The molecule has 1 N–H and O–H groups in total. The molecule has 0 radical (unpaired) electrons. The fourth-order valence-corrected chi connectivity index (χ4v) is 3.16. The van der Waals surface area contributed by atoms with Gasteiger partial charge in [-0.2, -0.15) is 5.10 Å². The molecule has 2 unspecified atom stereocenters. The molecular weight excluding hydrogens is 308 g/mol. The van der Waals surface area contributed by atoms with Gasteiger partial charge < -0.3 is 10.0 Å². The van der Waals surface area contributed by atoms with Gasteiger partial charge in [0.15, 0.2) is 0 Å². The van der Waals surface area contributed by atoms with Gasteiger partial charge >= 0.3 is 5.97 Å². The normalized spacial score (nSPS) is 20.8. The monoisotopic (exact) mass is 328 g/mol. The Morgan fingerprint density at radius 3 is 2.71 bits per heavy atom. The highest BCUT2D eigenvalue weighted by atomic mass is 16.4. The summed E-state index contributed by atoms with van der Waals surface area (Å²) >= 11 is 0. The van der Waals surface area contributed by atoms with Gasteiger partial charge in [0.05, 0.1) is 12.1 Å². The van der Waals surface area contributed by atoms with Crippen molar-refractivity contribution in [3.63, 3.8) is 0 Å². The number of pyridine rings is 1. The van der Waals surface area contributed by atoms with E-state index in [0.717, 1.165) is 11.3 Å². The number of carbonyl (C=O) groups is 2. The summed E-state index contributed by atoms with van der Waals surface area (Å²) in [5.74, 6) is -1.72. The predicted molar refractivity (Wildman–Crippen MR) is 86.6 cm³/mol. The Balaban J connectivity index is 1.86. The van der Waals surface area contributed by atoms with E-state index in [2.05, 4.69) is 10.1 Å². The van der Waals surface area contributed by atoms with Crippen LogP contribution in [-0.2, 0) is 11.8 Å². The number of rotatable bonds is 3. The minimum absolute atomic E-state index is 0.0395. The zero-order valence-electron chi connectivity index (χ0n) is 13.7. The molecule has 2 aromatic rings. The fourth-order valence-electron chi connectivity index (χ4n) is 3.16. The zero-order chi connectivity index (χ0) is 17.3. The lowest BCUT2D eigenvalue weighted by Crippen LogP contribution is -2.45. The van der Waals surface area contributed by atoms with Crippen molar-refractivity contribution in [2.24, 2.45) is 13.0 Å². The van der Waals surface area contributed by atoms with Crippen LogP contribution in [0.1, 0.15) is 34.1 Å². The van der Waals surface area contributed by atoms with Crippen molar-refractivity contribution < 1.29 is 14.7 Å². The molecule has 7 nitrogen and oxygen atoms in total. The Bertz CT molecular complexity index is 771. The number of hydrogen-bond donors (Lipinski definition) is 1. The lowest BCUT2D eigenvalue weighted by molar-refractivity contribution is -0.143. The molecule has 0 spiro atoms. The second-order valence-corrected chi connectivity index (χ2v) is 6.29. The van der Waals surface area contributed by atoms with Crippen LogP contribution in [0.25, 0.3) is 0 Å². The van der Waals surface area contributed by atoms with Gasteiger partial charge in [0, 0.05) is 37.9 Å². The van der Waals surface area contributed by atoms with Crippen LogP contribution < -0.4 is 0 Å². The molecule has 1 saturated heterocycles. The summed E-state index contributed by atoms with van der Waals surface area (Å²) in [7, 11) is 1.82. The number of carboxylic acid groups (broad SMARTS) is 1. The maximum atomic E-state index is 12.8. The van der Waals surface area contributed by atoms with E-state index in [0.29, 0.717) is 18.7 Å². The van der Waals surface area contributed by atoms with Crippen molar-refractivity contribution in [1.82, 2.24) is 19.7 Å². The molecule has 0 aromatic carbocycles. The van der Waals surface area contributed by atoms with Gasteiger partial charge in [-0.1, -0.05) is 6.07 Å². The second-order valence-electron chi connectivity index (χ2n) is 6.29. The van der Waals surface area contributed by atoms with E-state index in [9.17, 15) is 14.7 Å². The first-order valence-corrected chi connectivity index (χ1v) is 7.88. The van der Waals surface area contributed by atoms with Crippen LogP contribution in [0.15, 0.2) is 30.6 Å². The van der Waals surface area contributed by atoms with Crippen molar-refractivity contribution in [3.05, 3.63) is 47.5 Å². The first kappa shape index (κ1) is 16.2. The number of hydrogen-bond acceptors (Lipinski definition) is 4. The maximum absolute atomic E-state index is 12.8. The predicted octanol–water partition coefficient (Wildman–Crippen LogP) is 1.45. The summed E-state index contributed by atoms with van der Waals surface area (Å²) in [5.41, 5.74) is 2.07. The number of likely N-dealkylation sites (tertiary alicyclic amines) is 1. The minimum Gasteiger partial charge on any atom is -0.481 e. The van der Waals surface area contributed by atoms with Crippen LogP contribution in [0.4, 0.5) is 0 Å².